The second kappa shape index (κ2) is 9.10. The minimum atomic E-state index is -1.03. The van der Waals surface area contributed by atoms with Crippen LogP contribution in [-0.2, 0) is 9.59 Å². The van der Waals surface area contributed by atoms with E-state index < -0.39 is 11.3 Å². The van der Waals surface area contributed by atoms with Crippen molar-refractivity contribution in [3.05, 3.63) is 114 Å². The third kappa shape index (κ3) is 3.56. The number of hydrazone groups is 1. The number of hydrogen-bond acceptors (Lipinski definition) is 3. The highest BCUT2D eigenvalue weighted by molar-refractivity contribution is 6.21. The molecule has 2 aliphatic rings. The van der Waals surface area contributed by atoms with Gasteiger partial charge in [-0.05, 0) is 47.6 Å². The van der Waals surface area contributed by atoms with E-state index >= 15 is 0 Å². The highest BCUT2D eigenvalue weighted by atomic mass is 16.2. The number of hydrogen-bond donors (Lipinski definition) is 0. The molecule has 35 heavy (non-hydrogen) atoms. The largest absolute Gasteiger partial charge is 0.298 e. The van der Waals surface area contributed by atoms with E-state index in [0.29, 0.717) is 5.57 Å². The Morgan fingerprint density at radius 2 is 1.40 bits per heavy atom. The molecule has 1 amide bonds. The molecule has 176 valence electrons. The Morgan fingerprint density at radius 1 is 0.857 bits per heavy atom. The topological polar surface area (TPSA) is 49.7 Å². The van der Waals surface area contributed by atoms with Crippen molar-refractivity contribution in [1.82, 2.24) is 0 Å². The van der Waals surface area contributed by atoms with Gasteiger partial charge in [0.25, 0.3) is 5.91 Å². The second-order valence-corrected chi connectivity index (χ2v) is 9.84. The van der Waals surface area contributed by atoms with Gasteiger partial charge in [0.1, 0.15) is 11.7 Å². The molecule has 0 N–H and O–H groups in total. The summed E-state index contributed by atoms with van der Waals surface area (Å²) in [6.07, 6.45) is 3.06. The Bertz CT molecular complexity index is 1280. The normalized spacial score (nSPS) is 26.1. The van der Waals surface area contributed by atoms with E-state index in [9.17, 15) is 9.59 Å². The van der Waals surface area contributed by atoms with Crippen molar-refractivity contribution in [2.75, 3.05) is 5.01 Å². The smallest absolute Gasteiger partial charge is 0.260 e. The number of aldehydes is 1. The summed E-state index contributed by atoms with van der Waals surface area (Å²) >= 11 is 0. The maximum Gasteiger partial charge on any atom is 0.260 e. The first kappa shape index (κ1) is 23.0. The highest BCUT2D eigenvalue weighted by Crippen LogP contribution is 2.61. The van der Waals surface area contributed by atoms with Gasteiger partial charge in [0, 0.05) is 11.8 Å². The second-order valence-electron chi connectivity index (χ2n) is 9.84. The number of carbonyl (C=O) groups excluding carboxylic acids is 2. The van der Waals surface area contributed by atoms with Crippen LogP contribution in [0, 0.1) is 17.3 Å². The van der Waals surface area contributed by atoms with E-state index in [2.05, 4.69) is 32.1 Å². The maximum atomic E-state index is 14.8. The molecule has 0 saturated heterocycles. The first-order valence-electron chi connectivity index (χ1n) is 12.2. The van der Waals surface area contributed by atoms with Crippen LogP contribution in [0.5, 0.6) is 0 Å². The van der Waals surface area contributed by atoms with Crippen molar-refractivity contribution in [3.8, 4) is 0 Å². The standard InChI is InChI=1S/C31H30N2O2/c1-21(2)27-19-25(20-34)28(23-13-7-4-8-14-23)31(29(27)24-15-9-5-10-16-24)22(3)32-33(30(31)35)26-17-11-6-12-18-26/h4-21,27-29H,1-3H3/t27-,28-,29-,31+/m1/s1. The van der Waals surface area contributed by atoms with E-state index in [1.807, 2.05) is 85.8 Å². The van der Waals surface area contributed by atoms with Crippen molar-refractivity contribution in [2.24, 2.45) is 22.4 Å². The first-order chi connectivity index (χ1) is 17.0. The van der Waals surface area contributed by atoms with E-state index in [1.54, 1.807) is 5.01 Å². The van der Waals surface area contributed by atoms with Gasteiger partial charge in [-0.2, -0.15) is 10.1 Å². The zero-order valence-electron chi connectivity index (χ0n) is 20.3. The number of benzene rings is 3. The molecule has 3 aromatic rings. The monoisotopic (exact) mass is 462 g/mol. The third-order valence-corrected chi connectivity index (χ3v) is 7.64. The lowest BCUT2D eigenvalue weighted by Crippen LogP contribution is -2.53. The Hall–Kier alpha value is -3.79. The van der Waals surface area contributed by atoms with Gasteiger partial charge in [0.15, 0.2) is 0 Å². The van der Waals surface area contributed by atoms with Gasteiger partial charge < -0.3 is 0 Å². The average Bonchev–Trinajstić information content (AvgIpc) is 3.15. The Morgan fingerprint density at radius 3 is 1.94 bits per heavy atom. The summed E-state index contributed by atoms with van der Waals surface area (Å²) in [6.45, 7) is 6.28. The minimum absolute atomic E-state index is 0.0117. The van der Waals surface area contributed by atoms with Crippen LogP contribution < -0.4 is 5.01 Å². The molecule has 1 aliphatic carbocycles. The van der Waals surface area contributed by atoms with Crippen molar-refractivity contribution in [3.63, 3.8) is 0 Å². The van der Waals surface area contributed by atoms with Crippen LogP contribution in [0.3, 0.4) is 0 Å². The zero-order chi connectivity index (χ0) is 24.6. The lowest BCUT2D eigenvalue weighted by molar-refractivity contribution is -0.126. The zero-order valence-corrected chi connectivity index (χ0v) is 20.3. The predicted molar refractivity (Wildman–Crippen MR) is 140 cm³/mol. The molecule has 4 nitrogen and oxygen atoms in total. The van der Waals surface area contributed by atoms with Crippen LogP contribution in [-0.4, -0.2) is 17.9 Å². The fraction of sp³-hybridized carbons (Fsp3) is 0.258. The summed E-state index contributed by atoms with van der Waals surface area (Å²) in [5, 5.41) is 6.44. The number of rotatable bonds is 5. The SMILES string of the molecule is CC1=NN(c2ccccc2)C(=O)[C@@]12[C@H](c1ccccc1)[C@@H](C(C)C)C=C(C=O)[C@H]2c1ccccc1. The van der Waals surface area contributed by atoms with Gasteiger partial charge in [-0.3, -0.25) is 9.59 Å². The molecule has 1 aliphatic heterocycles. The van der Waals surface area contributed by atoms with Crippen molar-refractivity contribution in [1.29, 1.82) is 0 Å². The summed E-state index contributed by atoms with van der Waals surface area (Å²) in [5.74, 6) is -0.492. The Kier molecular flexibility index (Phi) is 5.98. The average molecular weight is 463 g/mol. The lowest BCUT2D eigenvalue weighted by Gasteiger charge is -2.50. The number of nitrogens with zero attached hydrogens (tertiary/aromatic N) is 2. The van der Waals surface area contributed by atoms with Gasteiger partial charge in [-0.15, -0.1) is 0 Å². The van der Waals surface area contributed by atoms with Gasteiger partial charge in [-0.1, -0.05) is 98.8 Å². The molecular formula is C31H30N2O2. The fourth-order valence-electron chi connectivity index (χ4n) is 6.13. The minimum Gasteiger partial charge on any atom is -0.298 e. The van der Waals surface area contributed by atoms with Gasteiger partial charge in [-0.25, -0.2) is 0 Å². The summed E-state index contributed by atoms with van der Waals surface area (Å²) in [5.41, 5.74) is 3.14. The van der Waals surface area contributed by atoms with Crippen LogP contribution in [0.2, 0.25) is 0 Å². The van der Waals surface area contributed by atoms with E-state index in [0.717, 1.165) is 28.8 Å². The summed E-state index contributed by atoms with van der Waals surface area (Å²) in [7, 11) is 0. The fourth-order valence-corrected chi connectivity index (χ4v) is 6.13. The Labute approximate surface area is 207 Å². The molecule has 1 spiro atoms. The first-order valence-corrected chi connectivity index (χ1v) is 12.2. The Balaban J connectivity index is 1.84. The molecule has 4 atom stereocenters. The molecule has 1 heterocycles. The summed E-state index contributed by atoms with van der Waals surface area (Å²) < 4.78 is 0. The van der Waals surface area contributed by atoms with E-state index in [4.69, 9.17) is 5.10 Å². The maximum absolute atomic E-state index is 14.8. The lowest BCUT2D eigenvalue weighted by atomic mass is 9.50. The molecule has 0 unspecified atom stereocenters. The van der Waals surface area contributed by atoms with Crippen LogP contribution in [0.25, 0.3) is 0 Å². The summed E-state index contributed by atoms with van der Waals surface area (Å²) in [4.78, 5) is 27.4. The van der Waals surface area contributed by atoms with Crippen molar-refractivity contribution in [2.45, 2.75) is 32.6 Å². The van der Waals surface area contributed by atoms with Gasteiger partial charge in [0.2, 0.25) is 0 Å². The molecule has 0 saturated carbocycles. The predicted octanol–water partition coefficient (Wildman–Crippen LogP) is 6.37. The van der Waals surface area contributed by atoms with Crippen LogP contribution in [0.4, 0.5) is 5.69 Å². The van der Waals surface area contributed by atoms with E-state index in [-0.39, 0.29) is 23.7 Å². The number of carbonyl (C=O) groups is 2. The number of amides is 1. The molecule has 4 heteroatoms. The van der Waals surface area contributed by atoms with Crippen LogP contribution >= 0.6 is 0 Å². The molecule has 0 fully saturated rings. The third-order valence-electron chi connectivity index (χ3n) is 7.64. The number of allylic oxidation sites excluding steroid dienone is 2. The van der Waals surface area contributed by atoms with E-state index in [1.165, 1.54) is 0 Å². The summed E-state index contributed by atoms with van der Waals surface area (Å²) in [6, 6.07) is 29.8. The molecule has 5 rings (SSSR count). The van der Waals surface area contributed by atoms with Crippen LogP contribution in [0.15, 0.2) is 108 Å². The number of anilines is 1. The van der Waals surface area contributed by atoms with Gasteiger partial charge >= 0.3 is 0 Å². The molecule has 0 radical (unpaired) electrons. The van der Waals surface area contributed by atoms with Gasteiger partial charge in [0.05, 0.1) is 11.4 Å². The molecule has 0 aromatic heterocycles. The molecule has 0 bridgehead atoms. The van der Waals surface area contributed by atoms with Crippen molar-refractivity contribution < 1.29 is 9.59 Å². The molecule has 3 aromatic carbocycles. The highest BCUT2D eigenvalue weighted by Gasteiger charge is 2.64. The van der Waals surface area contributed by atoms with Crippen LogP contribution in [0.1, 0.15) is 43.7 Å². The molecular weight excluding hydrogens is 432 g/mol. The quantitative estimate of drug-likeness (QED) is 0.414. The number of para-hydroxylation sites is 1. The van der Waals surface area contributed by atoms with Crippen molar-refractivity contribution >= 4 is 23.6 Å².